The molecule has 0 saturated carbocycles. The first-order chi connectivity index (χ1) is 2.00. The summed E-state index contributed by atoms with van der Waals surface area (Å²) >= 11 is 0. The molecule has 1 radical (unpaired) electrons. The van der Waals surface area contributed by atoms with Gasteiger partial charge in [-0.25, -0.2) is 8.42 Å². The van der Waals surface area contributed by atoms with Crippen LogP contribution in [0.3, 0.4) is 0 Å². The Morgan fingerprint density at radius 2 is 1.50 bits per heavy atom. The van der Waals surface area contributed by atoms with Gasteiger partial charge in [-0.05, 0) is 0 Å². The first-order valence-electron chi connectivity index (χ1n) is 0.805. The maximum Gasteiger partial charge on any atom is 0.131 e. The Labute approximate surface area is 49.8 Å². The minimum Gasteiger partial charge on any atom is -0.310 e. The van der Waals surface area contributed by atoms with Crippen molar-refractivity contribution in [2.24, 2.45) is 0 Å². The van der Waals surface area contributed by atoms with Crippen LogP contribution in [-0.2, 0) is 30.2 Å². The Hall–Kier alpha value is 0.559. The van der Waals surface area contributed by atoms with Gasteiger partial charge >= 0.3 is 0 Å². The van der Waals surface area contributed by atoms with Gasteiger partial charge in [0.05, 0.1) is 0 Å². The zero-order valence-electron chi connectivity index (χ0n) is 2.71. The van der Waals surface area contributed by atoms with E-state index in [-0.39, 0.29) is 20.1 Å². The zero-order valence-corrected chi connectivity index (χ0v) is 5.92. The molecular formula is CH3IrO3S-. The van der Waals surface area contributed by atoms with Gasteiger partial charge in [-0.1, -0.05) is 0 Å². The third-order valence-electron chi connectivity index (χ3n) is 0. The van der Waals surface area contributed by atoms with E-state index in [0.717, 1.165) is 0 Å². The Bertz CT molecular complexity index is 94.0. The Morgan fingerprint density at radius 3 is 1.50 bits per heavy atom. The quantitative estimate of drug-likeness (QED) is 0.490. The average Bonchev–Trinajstić information content (AvgIpc) is 0.722. The molecule has 6 heavy (non-hydrogen) atoms. The van der Waals surface area contributed by atoms with Crippen LogP contribution in [0, 0.1) is 6.26 Å². The number of hydrogen-bond donors (Lipinski definition) is 1. The van der Waals surface area contributed by atoms with Gasteiger partial charge in [0, 0.05) is 20.1 Å². The largest absolute Gasteiger partial charge is 0.310 e. The van der Waals surface area contributed by atoms with E-state index in [1.807, 2.05) is 0 Å². The van der Waals surface area contributed by atoms with Crippen LogP contribution in [0.5, 0.6) is 0 Å². The summed E-state index contributed by atoms with van der Waals surface area (Å²) in [6.07, 6.45) is 2.30. The third kappa shape index (κ3) is 185. The van der Waals surface area contributed by atoms with Crippen LogP contribution in [0.15, 0.2) is 0 Å². The van der Waals surface area contributed by atoms with E-state index < -0.39 is 10.1 Å². The van der Waals surface area contributed by atoms with Crippen molar-refractivity contribution in [2.75, 3.05) is 0 Å². The van der Waals surface area contributed by atoms with E-state index in [4.69, 9.17) is 13.0 Å². The molecule has 0 atom stereocenters. The topological polar surface area (TPSA) is 54.4 Å². The monoisotopic (exact) mass is 288 g/mol. The molecule has 0 rings (SSSR count). The van der Waals surface area contributed by atoms with Crippen LogP contribution in [0.4, 0.5) is 0 Å². The van der Waals surface area contributed by atoms with Crippen molar-refractivity contribution in [3.05, 3.63) is 6.26 Å². The molecule has 0 aliphatic carbocycles. The molecule has 0 aromatic carbocycles. The van der Waals surface area contributed by atoms with Crippen molar-refractivity contribution in [1.29, 1.82) is 0 Å². The number of rotatable bonds is 0. The van der Waals surface area contributed by atoms with E-state index in [2.05, 4.69) is 6.26 Å². The van der Waals surface area contributed by atoms with E-state index in [1.54, 1.807) is 0 Å². The van der Waals surface area contributed by atoms with Gasteiger partial charge in [0.1, 0.15) is 10.1 Å². The van der Waals surface area contributed by atoms with Crippen molar-refractivity contribution < 1.29 is 33.1 Å². The van der Waals surface area contributed by atoms with Crippen molar-refractivity contribution in [3.63, 3.8) is 0 Å². The summed E-state index contributed by atoms with van der Waals surface area (Å²) in [5.74, 6) is 0. The van der Waals surface area contributed by atoms with Crippen LogP contribution < -0.4 is 0 Å². The maximum atomic E-state index is 9.08. The SMILES string of the molecule is [CH2-]S(=O)(=O)O.[Ir]. The molecule has 0 bridgehead atoms. The van der Waals surface area contributed by atoms with E-state index in [9.17, 15) is 0 Å². The summed E-state index contributed by atoms with van der Waals surface area (Å²) in [6, 6.07) is 0. The molecule has 0 aromatic rings. The normalized spacial score (nSPS) is 9.67. The molecule has 0 aromatic heterocycles. The smallest absolute Gasteiger partial charge is 0.131 e. The molecule has 3 nitrogen and oxygen atoms in total. The molecule has 0 spiro atoms. The molecule has 0 heterocycles. The van der Waals surface area contributed by atoms with Crippen LogP contribution in [-0.4, -0.2) is 13.0 Å². The van der Waals surface area contributed by atoms with Crippen LogP contribution >= 0.6 is 0 Å². The van der Waals surface area contributed by atoms with Gasteiger partial charge < -0.3 is 4.55 Å². The van der Waals surface area contributed by atoms with Crippen LogP contribution in [0.2, 0.25) is 0 Å². The zero-order chi connectivity index (χ0) is 4.50. The first-order valence-corrected chi connectivity index (χ1v) is 2.41. The summed E-state index contributed by atoms with van der Waals surface area (Å²) in [6.45, 7) is 0. The minimum absolute atomic E-state index is 0. The first kappa shape index (κ1) is 9.75. The van der Waals surface area contributed by atoms with Gasteiger partial charge in [-0.15, -0.1) is 0 Å². The van der Waals surface area contributed by atoms with Gasteiger partial charge in [0.25, 0.3) is 0 Å². The Morgan fingerprint density at radius 1 is 1.50 bits per heavy atom. The fraction of sp³-hybridized carbons (Fsp3) is 0. The van der Waals surface area contributed by atoms with Gasteiger partial charge in [-0.3, -0.25) is 0 Å². The second-order valence-corrected chi connectivity index (χ2v) is 1.75. The summed E-state index contributed by atoms with van der Waals surface area (Å²) < 4.78 is 25.5. The predicted molar refractivity (Wildman–Crippen MR) is 16.9 cm³/mol. The molecule has 1 N–H and O–H groups in total. The van der Waals surface area contributed by atoms with Gasteiger partial charge in [0.2, 0.25) is 0 Å². The minimum atomic E-state index is -3.92. The molecule has 0 unspecified atom stereocenters. The summed E-state index contributed by atoms with van der Waals surface area (Å²) in [5, 5.41) is 0. The fourth-order valence-corrected chi connectivity index (χ4v) is 0. The molecule has 0 saturated heterocycles. The van der Waals surface area contributed by atoms with Crippen LogP contribution in [0.25, 0.3) is 0 Å². The summed E-state index contributed by atoms with van der Waals surface area (Å²) in [4.78, 5) is 0. The predicted octanol–water partition coefficient (Wildman–Crippen LogP) is -0.337. The second-order valence-electron chi connectivity index (χ2n) is 0.582. The summed E-state index contributed by atoms with van der Waals surface area (Å²) in [5.41, 5.74) is 0. The summed E-state index contributed by atoms with van der Waals surface area (Å²) in [7, 11) is -3.92. The van der Waals surface area contributed by atoms with E-state index >= 15 is 0 Å². The molecular weight excluding hydrogens is 284 g/mol. The molecule has 0 fully saturated rings. The average molecular weight is 287 g/mol. The molecule has 0 aliphatic heterocycles. The fourth-order valence-electron chi connectivity index (χ4n) is 0. The number of hydrogen-bond acceptors (Lipinski definition) is 2. The van der Waals surface area contributed by atoms with Crippen LogP contribution in [0.1, 0.15) is 0 Å². The molecule has 5 heteroatoms. The van der Waals surface area contributed by atoms with Crippen molar-refractivity contribution in [1.82, 2.24) is 0 Å². The maximum absolute atomic E-state index is 9.08. The standard InChI is InChI=1S/CH3O3S.Ir/c1-5(2,3)4;/h1H2,(H,2,3,4);/q-1;. The second kappa shape index (κ2) is 2.69. The van der Waals surface area contributed by atoms with Crippen molar-refractivity contribution >= 4 is 10.1 Å². The van der Waals surface area contributed by atoms with E-state index in [1.165, 1.54) is 0 Å². The van der Waals surface area contributed by atoms with E-state index in [0.29, 0.717) is 0 Å². The van der Waals surface area contributed by atoms with Gasteiger partial charge in [-0.2, -0.15) is 6.26 Å². The Kier molecular flexibility index (Phi) is 4.37. The Balaban J connectivity index is 0. The van der Waals surface area contributed by atoms with Crippen molar-refractivity contribution in [3.8, 4) is 0 Å². The molecule has 41 valence electrons. The third-order valence-corrected chi connectivity index (χ3v) is 0. The van der Waals surface area contributed by atoms with Crippen molar-refractivity contribution in [2.45, 2.75) is 0 Å². The molecule has 0 amide bonds. The van der Waals surface area contributed by atoms with Gasteiger partial charge in [0.15, 0.2) is 0 Å². The molecule has 0 aliphatic rings.